The fourth-order valence-corrected chi connectivity index (χ4v) is 4.26. The lowest BCUT2D eigenvalue weighted by molar-refractivity contribution is -0.143. The van der Waals surface area contributed by atoms with Crippen LogP contribution < -0.4 is 10.6 Å². The minimum atomic E-state index is -1.13. The Bertz CT molecular complexity index is 1090. The third-order valence-electron chi connectivity index (χ3n) is 7.19. The van der Waals surface area contributed by atoms with Gasteiger partial charge in [0.2, 0.25) is 5.91 Å². The van der Waals surface area contributed by atoms with Gasteiger partial charge in [-0.2, -0.15) is 0 Å². The number of ether oxygens (including phenoxy) is 13. The number of esters is 1. The molecule has 0 atom stereocenters. The highest BCUT2D eigenvalue weighted by Crippen LogP contribution is 2.11. The normalized spacial score (nSPS) is 11.2. The van der Waals surface area contributed by atoms with Crippen LogP contribution in [0.15, 0.2) is 24.3 Å². The molecule has 0 saturated carbocycles. The predicted octanol–water partition coefficient (Wildman–Crippen LogP) is 1.46. The standard InChI is InChI=1S/C39H68N2O17/c1-2-3-8-40-36-6-4-35(5-7-36)39(45)58-32-31-56-30-29-55-28-27-54-26-25-53-24-23-52-22-21-51-20-19-50-18-17-49-16-15-48-14-13-47-12-11-46-10-9-41-37(42)33-57-34-38(43)44/h4-7,40H,2-3,8-34H2,1H3,(H,41,42)(H,43,44). The number of hydrogen-bond donors (Lipinski definition) is 3. The number of carboxylic acid groups (broad SMARTS) is 1. The Morgan fingerprint density at radius 2 is 0.828 bits per heavy atom. The second-order valence-corrected chi connectivity index (χ2v) is 12.0. The SMILES string of the molecule is CCCCNc1ccc(C(=O)OCCOCCOCCOCCOCCOCCOCCOCCOCCOCCOCCOCCNC(=O)COCC(=O)O)cc1. The number of unbranched alkanes of at least 4 members (excludes halogenated alkanes) is 1. The number of hydrogen-bond acceptors (Lipinski definition) is 17. The van der Waals surface area contributed by atoms with Crippen molar-refractivity contribution in [3.63, 3.8) is 0 Å². The molecule has 1 aromatic rings. The number of carbonyl (C=O) groups is 3. The van der Waals surface area contributed by atoms with E-state index in [1.54, 1.807) is 12.1 Å². The summed E-state index contributed by atoms with van der Waals surface area (Å²) < 4.78 is 69.9. The molecule has 0 aliphatic carbocycles. The maximum Gasteiger partial charge on any atom is 0.338 e. The Hall–Kier alpha value is -3.05. The Balaban J connectivity index is 1.67. The Kier molecular flexibility index (Phi) is 38.4. The van der Waals surface area contributed by atoms with Gasteiger partial charge < -0.3 is 77.3 Å². The highest BCUT2D eigenvalue weighted by molar-refractivity contribution is 5.89. The highest BCUT2D eigenvalue weighted by atomic mass is 16.6. The van der Waals surface area contributed by atoms with E-state index < -0.39 is 18.5 Å². The van der Waals surface area contributed by atoms with E-state index in [0.717, 1.165) is 25.1 Å². The molecule has 3 N–H and O–H groups in total. The predicted molar refractivity (Wildman–Crippen MR) is 211 cm³/mol. The molecule has 58 heavy (non-hydrogen) atoms. The quantitative estimate of drug-likeness (QED) is 0.0626. The maximum atomic E-state index is 12.1. The van der Waals surface area contributed by atoms with Gasteiger partial charge in [0, 0.05) is 18.8 Å². The molecule has 0 aliphatic rings. The topological polar surface area (TPSA) is 215 Å². The summed E-state index contributed by atoms with van der Waals surface area (Å²) in [6.45, 7) is 12.2. The first-order valence-corrected chi connectivity index (χ1v) is 19.9. The fourth-order valence-electron chi connectivity index (χ4n) is 4.26. The first-order chi connectivity index (χ1) is 28.5. The molecule has 0 bridgehead atoms. The van der Waals surface area contributed by atoms with Gasteiger partial charge in [-0.25, -0.2) is 9.59 Å². The molecule has 19 nitrogen and oxygen atoms in total. The van der Waals surface area contributed by atoms with Crippen molar-refractivity contribution in [2.75, 3.05) is 184 Å². The molecule has 336 valence electrons. The van der Waals surface area contributed by atoms with Gasteiger partial charge in [-0.1, -0.05) is 13.3 Å². The molecule has 0 fully saturated rings. The van der Waals surface area contributed by atoms with Crippen molar-refractivity contribution in [3.05, 3.63) is 29.8 Å². The Morgan fingerprint density at radius 3 is 1.19 bits per heavy atom. The van der Waals surface area contributed by atoms with E-state index in [9.17, 15) is 14.4 Å². The molecular weight excluding hydrogens is 768 g/mol. The molecule has 0 heterocycles. The zero-order chi connectivity index (χ0) is 41.8. The monoisotopic (exact) mass is 836 g/mol. The van der Waals surface area contributed by atoms with E-state index >= 15 is 0 Å². The van der Waals surface area contributed by atoms with Crippen molar-refractivity contribution in [2.45, 2.75) is 19.8 Å². The Labute approximate surface area is 342 Å². The van der Waals surface area contributed by atoms with Crippen LogP contribution in [-0.4, -0.2) is 201 Å². The number of nitrogens with one attached hydrogen (secondary N) is 2. The number of carboxylic acids is 1. The van der Waals surface area contributed by atoms with Crippen LogP contribution >= 0.6 is 0 Å². The second kappa shape index (κ2) is 42.1. The lowest BCUT2D eigenvalue weighted by Gasteiger charge is -2.09. The average molecular weight is 837 g/mol. The molecule has 19 heteroatoms. The van der Waals surface area contributed by atoms with Gasteiger partial charge in [0.05, 0.1) is 151 Å². The molecule has 0 radical (unpaired) electrons. The lowest BCUT2D eigenvalue weighted by Crippen LogP contribution is -2.31. The van der Waals surface area contributed by atoms with Gasteiger partial charge in [0.25, 0.3) is 0 Å². The van der Waals surface area contributed by atoms with Crippen LogP contribution in [0, 0.1) is 0 Å². The molecule has 0 unspecified atom stereocenters. The van der Waals surface area contributed by atoms with Gasteiger partial charge in [0.1, 0.15) is 19.8 Å². The number of amides is 1. The first-order valence-electron chi connectivity index (χ1n) is 19.9. The van der Waals surface area contributed by atoms with E-state index in [4.69, 9.17) is 61.9 Å². The number of aliphatic carboxylic acids is 1. The molecule has 0 aliphatic heterocycles. The molecule has 1 aromatic carbocycles. The summed E-state index contributed by atoms with van der Waals surface area (Å²) in [7, 11) is 0. The molecule has 1 rings (SSSR count). The van der Waals surface area contributed by atoms with E-state index in [2.05, 4.69) is 22.3 Å². The zero-order valence-corrected chi connectivity index (χ0v) is 34.3. The number of benzene rings is 1. The number of rotatable bonds is 45. The summed E-state index contributed by atoms with van der Waals surface area (Å²) in [5.41, 5.74) is 1.50. The van der Waals surface area contributed by atoms with E-state index in [0.29, 0.717) is 157 Å². The third kappa shape index (κ3) is 37.2. The van der Waals surface area contributed by atoms with Crippen LogP contribution in [0.1, 0.15) is 30.1 Å². The van der Waals surface area contributed by atoms with Crippen molar-refractivity contribution in [3.8, 4) is 0 Å². The zero-order valence-electron chi connectivity index (χ0n) is 34.3. The van der Waals surface area contributed by atoms with Gasteiger partial charge >= 0.3 is 11.9 Å². The van der Waals surface area contributed by atoms with Crippen molar-refractivity contribution in [1.29, 1.82) is 0 Å². The smallest absolute Gasteiger partial charge is 0.338 e. The van der Waals surface area contributed by atoms with Gasteiger partial charge in [-0.3, -0.25) is 4.79 Å². The van der Waals surface area contributed by atoms with Crippen LogP contribution in [0.4, 0.5) is 5.69 Å². The minimum Gasteiger partial charge on any atom is -0.480 e. The van der Waals surface area contributed by atoms with Gasteiger partial charge in [0.15, 0.2) is 0 Å². The van der Waals surface area contributed by atoms with E-state index in [-0.39, 0.29) is 19.2 Å². The average Bonchev–Trinajstić information content (AvgIpc) is 3.22. The maximum absolute atomic E-state index is 12.1. The van der Waals surface area contributed by atoms with Crippen molar-refractivity contribution < 1.29 is 81.1 Å². The van der Waals surface area contributed by atoms with Crippen LogP contribution in [0.2, 0.25) is 0 Å². The minimum absolute atomic E-state index is 0.179. The van der Waals surface area contributed by atoms with E-state index in [1.807, 2.05) is 12.1 Å². The summed E-state index contributed by atoms with van der Waals surface area (Å²) in [6.07, 6.45) is 2.23. The highest BCUT2D eigenvalue weighted by Gasteiger charge is 2.07. The number of anilines is 1. The molecule has 0 saturated heterocycles. The van der Waals surface area contributed by atoms with Crippen molar-refractivity contribution >= 4 is 23.5 Å². The third-order valence-corrected chi connectivity index (χ3v) is 7.19. The fraction of sp³-hybridized carbons (Fsp3) is 0.769. The van der Waals surface area contributed by atoms with Gasteiger partial charge in [-0.15, -0.1) is 0 Å². The van der Waals surface area contributed by atoms with Crippen LogP contribution in [0.5, 0.6) is 0 Å². The van der Waals surface area contributed by atoms with Crippen molar-refractivity contribution in [2.24, 2.45) is 0 Å². The molecular formula is C39H68N2O17. The van der Waals surface area contributed by atoms with Crippen molar-refractivity contribution in [1.82, 2.24) is 5.32 Å². The van der Waals surface area contributed by atoms with Crippen LogP contribution in [0.25, 0.3) is 0 Å². The van der Waals surface area contributed by atoms with Crippen LogP contribution in [0.3, 0.4) is 0 Å². The molecule has 1 amide bonds. The lowest BCUT2D eigenvalue weighted by atomic mass is 10.2. The largest absolute Gasteiger partial charge is 0.480 e. The van der Waals surface area contributed by atoms with E-state index in [1.165, 1.54) is 0 Å². The molecule has 0 spiro atoms. The Morgan fingerprint density at radius 1 is 0.466 bits per heavy atom. The number of carbonyl (C=O) groups excluding carboxylic acids is 2. The molecule has 0 aromatic heterocycles. The first kappa shape index (κ1) is 53.0. The second-order valence-electron chi connectivity index (χ2n) is 12.0. The summed E-state index contributed by atoms with van der Waals surface area (Å²) >= 11 is 0. The summed E-state index contributed by atoms with van der Waals surface area (Å²) in [4.78, 5) is 33.8. The summed E-state index contributed by atoms with van der Waals surface area (Å²) in [5, 5.41) is 14.3. The summed E-state index contributed by atoms with van der Waals surface area (Å²) in [6, 6.07) is 7.26. The summed E-state index contributed by atoms with van der Waals surface area (Å²) in [5.74, 6) is -1.90. The van der Waals surface area contributed by atoms with Crippen LogP contribution in [-0.2, 0) is 71.2 Å². The van der Waals surface area contributed by atoms with Gasteiger partial charge in [-0.05, 0) is 30.7 Å².